The van der Waals surface area contributed by atoms with E-state index in [1.54, 1.807) is 18.2 Å². The van der Waals surface area contributed by atoms with E-state index in [1.165, 1.54) is 19.3 Å². The van der Waals surface area contributed by atoms with Crippen LogP contribution in [0.4, 0.5) is 0 Å². The van der Waals surface area contributed by atoms with Crippen LogP contribution in [0, 0.1) is 11.3 Å². The van der Waals surface area contributed by atoms with Gasteiger partial charge in [0.1, 0.15) is 5.69 Å². The molecule has 0 radical (unpaired) electrons. The third-order valence-corrected chi connectivity index (χ3v) is 4.01. The van der Waals surface area contributed by atoms with Crippen LogP contribution in [-0.2, 0) is 6.42 Å². The second-order valence-electron chi connectivity index (χ2n) is 5.51. The third-order valence-electron chi connectivity index (χ3n) is 4.01. The number of rotatable bonds is 3. The van der Waals surface area contributed by atoms with Crippen molar-refractivity contribution in [2.75, 3.05) is 19.6 Å². The quantitative estimate of drug-likeness (QED) is 0.932. The van der Waals surface area contributed by atoms with Crippen LogP contribution in [0.1, 0.15) is 30.5 Å². The van der Waals surface area contributed by atoms with Crippen LogP contribution in [0.5, 0.6) is 0 Å². The maximum absolute atomic E-state index is 12.1. The van der Waals surface area contributed by atoms with Crippen molar-refractivity contribution in [3.05, 3.63) is 39.8 Å². The molecular weight excluding hydrogens is 264 g/mol. The van der Waals surface area contributed by atoms with E-state index in [9.17, 15) is 4.79 Å². The van der Waals surface area contributed by atoms with Gasteiger partial charge >= 0.3 is 0 Å². The molecule has 1 fully saturated rings. The van der Waals surface area contributed by atoms with Gasteiger partial charge in [-0.2, -0.15) is 5.26 Å². The van der Waals surface area contributed by atoms with E-state index < -0.39 is 0 Å². The van der Waals surface area contributed by atoms with Crippen molar-refractivity contribution in [3.8, 4) is 6.07 Å². The Bertz CT molecular complexity index is 738. The van der Waals surface area contributed by atoms with Gasteiger partial charge in [-0.05, 0) is 44.1 Å². The Kier molecular flexibility index (Phi) is 3.98. The maximum atomic E-state index is 12.1. The molecule has 21 heavy (non-hydrogen) atoms. The number of hydrogen-bond donors (Lipinski definition) is 1. The molecule has 1 aliphatic rings. The first-order valence-electron chi connectivity index (χ1n) is 7.42. The Morgan fingerprint density at radius 1 is 1.29 bits per heavy atom. The van der Waals surface area contributed by atoms with Crippen molar-refractivity contribution in [3.63, 3.8) is 0 Å². The highest BCUT2D eigenvalue weighted by atomic mass is 16.1. The van der Waals surface area contributed by atoms with E-state index in [-0.39, 0.29) is 5.56 Å². The molecule has 0 amide bonds. The molecular formula is C16H18N4O. The third kappa shape index (κ3) is 3.11. The van der Waals surface area contributed by atoms with Crippen LogP contribution >= 0.6 is 0 Å². The SMILES string of the molecule is N#Cc1ccc2[nH]c(=O)c(CCN3CCCCC3)nc2c1. The van der Waals surface area contributed by atoms with E-state index in [0.29, 0.717) is 28.7 Å². The molecule has 1 aromatic carbocycles. The smallest absolute Gasteiger partial charge is 0.270 e. The van der Waals surface area contributed by atoms with E-state index in [4.69, 9.17) is 5.26 Å². The zero-order valence-electron chi connectivity index (χ0n) is 11.9. The molecule has 1 N–H and O–H groups in total. The Balaban J connectivity index is 1.82. The van der Waals surface area contributed by atoms with Crippen molar-refractivity contribution in [2.45, 2.75) is 25.7 Å². The van der Waals surface area contributed by atoms with Gasteiger partial charge in [0.05, 0.1) is 22.7 Å². The minimum atomic E-state index is -0.121. The number of likely N-dealkylation sites (tertiary alicyclic amines) is 1. The number of aromatic amines is 1. The van der Waals surface area contributed by atoms with Crippen LogP contribution in [0.25, 0.3) is 11.0 Å². The van der Waals surface area contributed by atoms with Gasteiger partial charge in [0, 0.05) is 13.0 Å². The second-order valence-corrected chi connectivity index (χ2v) is 5.51. The highest BCUT2D eigenvalue weighted by Gasteiger charge is 2.12. The number of nitrogens with one attached hydrogen (secondary N) is 1. The molecule has 2 heterocycles. The van der Waals surface area contributed by atoms with Gasteiger partial charge in [-0.1, -0.05) is 6.42 Å². The monoisotopic (exact) mass is 282 g/mol. The summed E-state index contributed by atoms with van der Waals surface area (Å²) in [4.78, 5) is 21.7. The highest BCUT2D eigenvalue weighted by molar-refractivity contribution is 5.75. The van der Waals surface area contributed by atoms with Crippen LogP contribution in [0.15, 0.2) is 23.0 Å². The van der Waals surface area contributed by atoms with Gasteiger partial charge in [0.2, 0.25) is 0 Å². The first-order chi connectivity index (χ1) is 10.3. The van der Waals surface area contributed by atoms with E-state index in [0.717, 1.165) is 19.6 Å². The largest absolute Gasteiger partial charge is 0.319 e. The molecule has 5 heteroatoms. The summed E-state index contributed by atoms with van der Waals surface area (Å²) in [5.41, 5.74) is 2.36. The van der Waals surface area contributed by atoms with Crippen molar-refractivity contribution in [2.24, 2.45) is 0 Å². The summed E-state index contributed by atoms with van der Waals surface area (Å²) in [6, 6.07) is 7.24. The van der Waals surface area contributed by atoms with Gasteiger partial charge in [-0.25, -0.2) is 4.98 Å². The minimum Gasteiger partial charge on any atom is -0.319 e. The molecule has 0 bridgehead atoms. The predicted molar refractivity (Wildman–Crippen MR) is 81.1 cm³/mol. The summed E-state index contributed by atoms with van der Waals surface area (Å²) in [6.07, 6.45) is 4.45. The number of nitriles is 1. The Morgan fingerprint density at radius 3 is 2.86 bits per heavy atom. The Hall–Kier alpha value is -2.19. The molecule has 0 atom stereocenters. The van der Waals surface area contributed by atoms with Crippen LogP contribution in [-0.4, -0.2) is 34.5 Å². The molecule has 1 aliphatic heterocycles. The summed E-state index contributed by atoms with van der Waals surface area (Å²) >= 11 is 0. The summed E-state index contributed by atoms with van der Waals surface area (Å²) in [6.45, 7) is 3.10. The molecule has 0 saturated carbocycles. The molecule has 5 nitrogen and oxygen atoms in total. The fourth-order valence-corrected chi connectivity index (χ4v) is 2.81. The number of benzene rings is 1. The molecule has 0 aliphatic carbocycles. The molecule has 3 rings (SSSR count). The number of H-pyrrole nitrogens is 1. The Morgan fingerprint density at radius 2 is 2.10 bits per heavy atom. The van der Waals surface area contributed by atoms with E-state index >= 15 is 0 Å². The van der Waals surface area contributed by atoms with Gasteiger partial charge in [0.15, 0.2) is 0 Å². The second kappa shape index (κ2) is 6.06. The molecule has 1 aromatic heterocycles. The molecule has 0 unspecified atom stereocenters. The van der Waals surface area contributed by atoms with Crippen LogP contribution in [0.3, 0.4) is 0 Å². The van der Waals surface area contributed by atoms with E-state index in [1.807, 2.05) is 0 Å². The summed E-state index contributed by atoms with van der Waals surface area (Å²) < 4.78 is 0. The average molecular weight is 282 g/mol. The van der Waals surface area contributed by atoms with Gasteiger partial charge in [-0.3, -0.25) is 4.79 Å². The van der Waals surface area contributed by atoms with Crippen molar-refractivity contribution in [1.82, 2.24) is 14.9 Å². The summed E-state index contributed by atoms with van der Waals surface area (Å²) in [7, 11) is 0. The summed E-state index contributed by atoms with van der Waals surface area (Å²) in [5, 5.41) is 8.94. The lowest BCUT2D eigenvalue weighted by Crippen LogP contribution is -2.32. The van der Waals surface area contributed by atoms with Gasteiger partial charge in [0.25, 0.3) is 5.56 Å². The summed E-state index contributed by atoms with van der Waals surface area (Å²) in [5.74, 6) is 0. The average Bonchev–Trinajstić information content (AvgIpc) is 2.53. The van der Waals surface area contributed by atoms with E-state index in [2.05, 4.69) is 20.9 Å². The van der Waals surface area contributed by atoms with Crippen LogP contribution < -0.4 is 5.56 Å². The van der Waals surface area contributed by atoms with Crippen molar-refractivity contribution in [1.29, 1.82) is 5.26 Å². The highest BCUT2D eigenvalue weighted by Crippen LogP contribution is 2.12. The fraction of sp³-hybridized carbons (Fsp3) is 0.438. The van der Waals surface area contributed by atoms with Gasteiger partial charge < -0.3 is 9.88 Å². The number of nitrogens with zero attached hydrogens (tertiary/aromatic N) is 3. The zero-order chi connectivity index (χ0) is 14.7. The maximum Gasteiger partial charge on any atom is 0.270 e. The van der Waals surface area contributed by atoms with Crippen molar-refractivity contribution < 1.29 is 0 Å². The lowest BCUT2D eigenvalue weighted by atomic mass is 10.1. The fourth-order valence-electron chi connectivity index (χ4n) is 2.81. The number of fused-ring (bicyclic) bond motifs is 1. The zero-order valence-corrected chi connectivity index (χ0v) is 11.9. The topological polar surface area (TPSA) is 72.8 Å². The standard InChI is InChI=1S/C16H18N4O/c17-11-12-4-5-13-15(10-12)18-14(16(21)19-13)6-9-20-7-2-1-3-8-20/h4-5,10H,1-3,6-9H2,(H,19,21). The van der Waals surface area contributed by atoms with Crippen LogP contribution in [0.2, 0.25) is 0 Å². The first-order valence-corrected chi connectivity index (χ1v) is 7.42. The first kappa shape index (κ1) is 13.8. The number of hydrogen-bond acceptors (Lipinski definition) is 4. The number of aromatic nitrogens is 2. The minimum absolute atomic E-state index is 0.121. The molecule has 0 spiro atoms. The lowest BCUT2D eigenvalue weighted by Gasteiger charge is -2.25. The molecule has 108 valence electrons. The normalized spacial score (nSPS) is 16.0. The molecule has 1 saturated heterocycles. The van der Waals surface area contributed by atoms with Gasteiger partial charge in [-0.15, -0.1) is 0 Å². The predicted octanol–water partition coefficient (Wildman–Crippen LogP) is 1.82. The number of piperidine rings is 1. The molecule has 2 aromatic rings. The Labute approximate surface area is 123 Å². The lowest BCUT2D eigenvalue weighted by molar-refractivity contribution is 0.230. The van der Waals surface area contributed by atoms with Crippen molar-refractivity contribution >= 4 is 11.0 Å².